The molecule has 7 nitrogen and oxygen atoms in total. The van der Waals surface area contributed by atoms with Crippen molar-refractivity contribution in [3.05, 3.63) is 51.8 Å². The number of nitrogens with one attached hydrogen (secondary N) is 1. The first-order valence-corrected chi connectivity index (χ1v) is 6.21. The smallest absolute Gasteiger partial charge is 0.269 e. The predicted molar refractivity (Wildman–Crippen MR) is 74.5 cm³/mol. The van der Waals surface area contributed by atoms with Crippen molar-refractivity contribution in [1.29, 1.82) is 0 Å². The molecule has 0 aliphatic carbocycles. The van der Waals surface area contributed by atoms with Crippen molar-refractivity contribution in [2.75, 3.05) is 11.9 Å². The zero-order valence-electron chi connectivity index (χ0n) is 11.1. The fourth-order valence-corrected chi connectivity index (χ4v) is 1.88. The molecule has 0 radical (unpaired) electrons. The quantitative estimate of drug-likeness (QED) is 0.618. The summed E-state index contributed by atoms with van der Waals surface area (Å²) < 4.78 is 1.67. The van der Waals surface area contributed by atoms with Gasteiger partial charge in [0.15, 0.2) is 0 Å². The van der Waals surface area contributed by atoms with Gasteiger partial charge in [0.2, 0.25) is 0 Å². The minimum atomic E-state index is -0.407. The van der Waals surface area contributed by atoms with Crippen molar-refractivity contribution >= 4 is 11.4 Å². The van der Waals surface area contributed by atoms with Crippen LogP contribution in [0.3, 0.4) is 0 Å². The minimum Gasteiger partial charge on any atom is -0.394 e. The SMILES string of the molecule is Cc1cc([N+](=O)[O-])ccc1NCc1cnn(CCO)c1. The third-order valence-electron chi connectivity index (χ3n) is 2.92. The number of aliphatic hydroxyl groups excluding tert-OH is 1. The summed E-state index contributed by atoms with van der Waals surface area (Å²) in [6.45, 7) is 2.92. The zero-order chi connectivity index (χ0) is 14.5. The summed E-state index contributed by atoms with van der Waals surface area (Å²) in [5, 5.41) is 26.8. The van der Waals surface area contributed by atoms with Gasteiger partial charge in [0.25, 0.3) is 5.69 Å². The van der Waals surface area contributed by atoms with Crippen LogP contribution in [0.1, 0.15) is 11.1 Å². The highest BCUT2D eigenvalue weighted by atomic mass is 16.6. The maximum Gasteiger partial charge on any atom is 0.269 e. The number of hydrogen-bond acceptors (Lipinski definition) is 5. The molecule has 1 heterocycles. The number of aryl methyl sites for hydroxylation is 1. The normalized spacial score (nSPS) is 10.5. The fourth-order valence-electron chi connectivity index (χ4n) is 1.88. The second-order valence-electron chi connectivity index (χ2n) is 4.45. The summed E-state index contributed by atoms with van der Waals surface area (Å²) in [6.07, 6.45) is 3.58. The Balaban J connectivity index is 2.01. The average molecular weight is 276 g/mol. The van der Waals surface area contributed by atoms with Crippen LogP contribution in [0, 0.1) is 17.0 Å². The number of rotatable bonds is 6. The summed E-state index contributed by atoms with van der Waals surface area (Å²) in [5.74, 6) is 0. The Labute approximate surface area is 116 Å². The molecule has 0 saturated heterocycles. The van der Waals surface area contributed by atoms with Crippen LogP contribution in [-0.2, 0) is 13.1 Å². The van der Waals surface area contributed by atoms with E-state index in [1.807, 2.05) is 13.1 Å². The number of aliphatic hydroxyl groups is 1. The molecular weight excluding hydrogens is 260 g/mol. The third-order valence-corrected chi connectivity index (χ3v) is 2.92. The van der Waals surface area contributed by atoms with E-state index in [1.54, 1.807) is 16.9 Å². The van der Waals surface area contributed by atoms with Gasteiger partial charge >= 0.3 is 0 Å². The van der Waals surface area contributed by atoms with Crippen molar-refractivity contribution in [1.82, 2.24) is 9.78 Å². The van der Waals surface area contributed by atoms with Gasteiger partial charge in [-0.2, -0.15) is 5.10 Å². The monoisotopic (exact) mass is 276 g/mol. The van der Waals surface area contributed by atoms with Crippen molar-refractivity contribution < 1.29 is 10.0 Å². The molecule has 0 fully saturated rings. The Morgan fingerprint density at radius 1 is 1.50 bits per heavy atom. The molecular formula is C13H16N4O3. The van der Waals surface area contributed by atoms with Crippen LogP contribution in [0.5, 0.6) is 0 Å². The Morgan fingerprint density at radius 3 is 2.95 bits per heavy atom. The molecule has 2 aromatic rings. The van der Waals surface area contributed by atoms with Crippen LogP contribution in [-0.4, -0.2) is 26.4 Å². The maximum absolute atomic E-state index is 10.7. The molecule has 106 valence electrons. The highest BCUT2D eigenvalue weighted by Crippen LogP contribution is 2.21. The van der Waals surface area contributed by atoms with E-state index in [0.29, 0.717) is 13.1 Å². The minimum absolute atomic E-state index is 0.0516. The number of benzene rings is 1. The van der Waals surface area contributed by atoms with Gasteiger partial charge in [-0.3, -0.25) is 14.8 Å². The molecule has 20 heavy (non-hydrogen) atoms. The van der Waals surface area contributed by atoms with Gasteiger partial charge in [0.1, 0.15) is 0 Å². The molecule has 0 amide bonds. The molecule has 1 aromatic carbocycles. The molecule has 0 spiro atoms. The third kappa shape index (κ3) is 3.33. The van der Waals surface area contributed by atoms with Gasteiger partial charge in [-0.05, 0) is 18.6 Å². The van der Waals surface area contributed by atoms with Crippen LogP contribution >= 0.6 is 0 Å². The van der Waals surface area contributed by atoms with E-state index in [-0.39, 0.29) is 12.3 Å². The molecule has 7 heteroatoms. The van der Waals surface area contributed by atoms with Gasteiger partial charge in [-0.1, -0.05) is 0 Å². The second kappa shape index (κ2) is 6.16. The molecule has 2 N–H and O–H groups in total. The van der Waals surface area contributed by atoms with Crippen molar-refractivity contribution in [3.8, 4) is 0 Å². The number of nitro groups is 1. The van der Waals surface area contributed by atoms with E-state index in [2.05, 4.69) is 10.4 Å². The van der Waals surface area contributed by atoms with E-state index in [4.69, 9.17) is 5.11 Å². The largest absolute Gasteiger partial charge is 0.394 e. The Bertz CT molecular complexity index is 609. The molecule has 0 aliphatic heterocycles. The average Bonchev–Trinajstić information content (AvgIpc) is 2.85. The highest BCUT2D eigenvalue weighted by molar-refractivity contribution is 5.55. The molecule has 1 aromatic heterocycles. The van der Waals surface area contributed by atoms with E-state index in [9.17, 15) is 10.1 Å². The zero-order valence-corrected chi connectivity index (χ0v) is 11.1. The lowest BCUT2D eigenvalue weighted by Gasteiger charge is -2.08. The number of nitrogens with zero attached hydrogens (tertiary/aromatic N) is 3. The summed E-state index contributed by atoms with van der Waals surface area (Å²) in [7, 11) is 0. The molecule has 0 bridgehead atoms. The van der Waals surface area contributed by atoms with Crippen molar-refractivity contribution in [2.24, 2.45) is 0 Å². The standard InChI is InChI=1S/C13H16N4O3/c1-10-6-12(17(19)20)2-3-13(10)14-7-11-8-15-16(9-11)4-5-18/h2-3,6,8-9,14,18H,4-5,7H2,1H3. The number of non-ortho nitro benzene ring substituents is 1. The number of hydrogen-bond donors (Lipinski definition) is 2. The first-order valence-electron chi connectivity index (χ1n) is 6.21. The Kier molecular flexibility index (Phi) is 4.31. The van der Waals surface area contributed by atoms with Crippen molar-refractivity contribution in [3.63, 3.8) is 0 Å². The topological polar surface area (TPSA) is 93.2 Å². The maximum atomic E-state index is 10.7. The lowest BCUT2D eigenvalue weighted by atomic mass is 10.1. The summed E-state index contributed by atoms with van der Waals surface area (Å²) in [5.41, 5.74) is 2.74. The van der Waals surface area contributed by atoms with Crippen LogP contribution in [0.15, 0.2) is 30.6 Å². The Morgan fingerprint density at radius 2 is 2.30 bits per heavy atom. The summed E-state index contributed by atoms with van der Waals surface area (Å²) >= 11 is 0. The molecule has 2 rings (SSSR count). The first kappa shape index (κ1) is 14.0. The van der Waals surface area contributed by atoms with Crippen LogP contribution in [0.4, 0.5) is 11.4 Å². The van der Waals surface area contributed by atoms with E-state index < -0.39 is 4.92 Å². The second-order valence-corrected chi connectivity index (χ2v) is 4.45. The number of aromatic nitrogens is 2. The molecule has 0 unspecified atom stereocenters. The lowest BCUT2D eigenvalue weighted by molar-refractivity contribution is -0.384. The van der Waals surface area contributed by atoms with Gasteiger partial charge < -0.3 is 10.4 Å². The van der Waals surface area contributed by atoms with Gasteiger partial charge in [-0.25, -0.2) is 0 Å². The molecule has 0 saturated carbocycles. The Hall–Kier alpha value is -2.41. The summed E-state index contributed by atoms with van der Waals surface area (Å²) in [4.78, 5) is 10.3. The molecule has 0 aliphatic rings. The van der Waals surface area contributed by atoms with Gasteiger partial charge in [0, 0.05) is 36.1 Å². The van der Waals surface area contributed by atoms with Crippen LogP contribution in [0.2, 0.25) is 0 Å². The van der Waals surface area contributed by atoms with E-state index >= 15 is 0 Å². The number of nitro benzene ring substituents is 1. The van der Waals surface area contributed by atoms with E-state index in [1.165, 1.54) is 12.1 Å². The first-order chi connectivity index (χ1) is 9.60. The highest BCUT2D eigenvalue weighted by Gasteiger charge is 2.08. The fraction of sp³-hybridized carbons (Fsp3) is 0.308. The van der Waals surface area contributed by atoms with Gasteiger partial charge in [0.05, 0.1) is 24.3 Å². The molecule has 0 atom stereocenters. The summed E-state index contributed by atoms with van der Waals surface area (Å²) in [6, 6.07) is 4.72. The number of anilines is 1. The van der Waals surface area contributed by atoms with E-state index in [0.717, 1.165) is 16.8 Å². The van der Waals surface area contributed by atoms with Gasteiger partial charge in [-0.15, -0.1) is 0 Å². The lowest BCUT2D eigenvalue weighted by Crippen LogP contribution is -2.03. The van der Waals surface area contributed by atoms with Crippen molar-refractivity contribution in [2.45, 2.75) is 20.0 Å². The van der Waals surface area contributed by atoms with Crippen LogP contribution in [0.25, 0.3) is 0 Å². The predicted octanol–water partition coefficient (Wildman–Crippen LogP) is 1.70. The van der Waals surface area contributed by atoms with Crippen LogP contribution < -0.4 is 5.32 Å².